The molecule has 0 radical (unpaired) electrons. The summed E-state index contributed by atoms with van der Waals surface area (Å²) >= 11 is 0. The molecule has 1 amide bonds. The van der Waals surface area contributed by atoms with Crippen LogP contribution in [0.25, 0.3) is 10.9 Å². The van der Waals surface area contributed by atoms with E-state index in [9.17, 15) is 4.79 Å². The summed E-state index contributed by atoms with van der Waals surface area (Å²) in [7, 11) is 5.11. The second kappa shape index (κ2) is 6.76. The number of carbonyl (C=O) groups is 1. The molecule has 0 saturated carbocycles. The van der Waals surface area contributed by atoms with Crippen molar-refractivity contribution < 1.29 is 14.3 Å². The van der Waals surface area contributed by atoms with Gasteiger partial charge < -0.3 is 19.4 Å². The first-order valence-electron chi connectivity index (χ1n) is 7.56. The Morgan fingerprint density at radius 3 is 2.88 bits per heavy atom. The normalized spacial score (nSPS) is 11.0. The number of H-pyrrole nitrogens is 1. The van der Waals surface area contributed by atoms with Crippen LogP contribution in [0.1, 0.15) is 21.9 Å². The highest BCUT2D eigenvalue weighted by molar-refractivity contribution is 5.98. The predicted molar refractivity (Wildman–Crippen MR) is 89.9 cm³/mol. The number of benzene rings is 1. The van der Waals surface area contributed by atoms with Gasteiger partial charge in [0.15, 0.2) is 0 Å². The molecular formula is C17H20N4O3. The Kier molecular flexibility index (Phi) is 4.52. The van der Waals surface area contributed by atoms with E-state index in [0.29, 0.717) is 18.8 Å². The zero-order valence-electron chi connectivity index (χ0n) is 13.9. The van der Waals surface area contributed by atoms with Crippen molar-refractivity contribution in [2.24, 2.45) is 7.05 Å². The minimum Gasteiger partial charge on any atom is -0.497 e. The number of ether oxygens (including phenoxy) is 2. The molecule has 0 fully saturated rings. The fourth-order valence-corrected chi connectivity index (χ4v) is 2.66. The molecule has 3 rings (SSSR count). The number of aromatic amines is 1. The third-order valence-electron chi connectivity index (χ3n) is 3.90. The highest BCUT2D eigenvalue weighted by Gasteiger charge is 2.14. The van der Waals surface area contributed by atoms with Crippen molar-refractivity contribution in [1.82, 2.24) is 20.1 Å². The Morgan fingerprint density at radius 2 is 2.12 bits per heavy atom. The number of amides is 1. The number of nitrogens with one attached hydrogen (secondary N) is 2. The summed E-state index contributed by atoms with van der Waals surface area (Å²) < 4.78 is 12.1. The fourth-order valence-electron chi connectivity index (χ4n) is 2.66. The summed E-state index contributed by atoms with van der Waals surface area (Å²) in [6, 6.07) is 9.47. The molecule has 3 aromatic rings. The first-order valence-corrected chi connectivity index (χ1v) is 7.56. The van der Waals surface area contributed by atoms with Gasteiger partial charge in [0.25, 0.3) is 5.91 Å². The topological polar surface area (TPSA) is 81.2 Å². The van der Waals surface area contributed by atoms with Crippen LogP contribution in [-0.2, 0) is 24.9 Å². The zero-order valence-corrected chi connectivity index (χ0v) is 13.9. The molecule has 2 aromatic heterocycles. The van der Waals surface area contributed by atoms with Gasteiger partial charge in [-0.05, 0) is 30.3 Å². The fraction of sp³-hybridized carbons (Fsp3) is 0.294. The van der Waals surface area contributed by atoms with Crippen molar-refractivity contribution in [3.63, 3.8) is 0 Å². The summed E-state index contributed by atoms with van der Waals surface area (Å²) in [5, 5.41) is 10.9. The average molecular weight is 328 g/mol. The largest absolute Gasteiger partial charge is 0.497 e. The van der Waals surface area contributed by atoms with Crippen LogP contribution >= 0.6 is 0 Å². The third kappa shape index (κ3) is 3.11. The van der Waals surface area contributed by atoms with Crippen LogP contribution in [0.3, 0.4) is 0 Å². The van der Waals surface area contributed by atoms with Crippen molar-refractivity contribution in [3.8, 4) is 5.75 Å². The van der Waals surface area contributed by atoms with Crippen LogP contribution in [0.4, 0.5) is 0 Å². The standard InChI is InChI=1S/C17H20N4O3/c1-21-15-5-4-14(24-3)6-11(15)7-16(21)17(22)18-9-12-8-13(10-23-2)20-19-12/h4-8H,9-10H2,1-3H3,(H,18,22)(H,19,20). The predicted octanol–water partition coefficient (Wildman–Crippen LogP) is 1.99. The summed E-state index contributed by atoms with van der Waals surface area (Å²) in [6.45, 7) is 0.815. The number of hydrogen-bond acceptors (Lipinski definition) is 4. The molecule has 0 spiro atoms. The van der Waals surface area contributed by atoms with E-state index in [4.69, 9.17) is 9.47 Å². The molecule has 126 valence electrons. The quantitative estimate of drug-likeness (QED) is 0.725. The van der Waals surface area contributed by atoms with Crippen molar-refractivity contribution >= 4 is 16.8 Å². The van der Waals surface area contributed by atoms with E-state index >= 15 is 0 Å². The summed E-state index contributed by atoms with van der Waals surface area (Å²) in [5.74, 6) is 0.624. The highest BCUT2D eigenvalue weighted by Crippen LogP contribution is 2.23. The van der Waals surface area contributed by atoms with Gasteiger partial charge >= 0.3 is 0 Å². The maximum Gasteiger partial charge on any atom is 0.268 e. The molecule has 0 aliphatic carbocycles. The van der Waals surface area contributed by atoms with Crippen molar-refractivity contribution in [1.29, 1.82) is 0 Å². The lowest BCUT2D eigenvalue weighted by Crippen LogP contribution is -2.25. The van der Waals surface area contributed by atoms with Gasteiger partial charge in [0.05, 0.1) is 31.6 Å². The first kappa shape index (κ1) is 16.1. The van der Waals surface area contributed by atoms with E-state index in [1.807, 2.05) is 41.9 Å². The van der Waals surface area contributed by atoms with E-state index in [0.717, 1.165) is 28.0 Å². The smallest absolute Gasteiger partial charge is 0.268 e. The number of nitrogens with zero attached hydrogens (tertiary/aromatic N) is 2. The number of hydrogen-bond donors (Lipinski definition) is 2. The second-order valence-corrected chi connectivity index (χ2v) is 5.51. The van der Waals surface area contributed by atoms with Crippen molar-refractivity contribution in [3.05, 3.63) is 47.4 Å². The van der Waals surface area contributed by atoms with Gasteiger partial charge in [0.1, 0.15) is 11.4 Å². The van der Waals surface area contributed by atoms with Crippen LogP contribution in [0, 0.1) is 0 Å². The highest BCUT2D eigenvalue weighted by atomic mass is 16.5. The first-order chi connectivity index (χ1) is 11.6. The van der Waals surface area contributed by atoms with Gasteiger partial charge in [0, 0.05) is 25.1 Å². The maximum atomic E-state index is 12.5. The van der Waals surface area contributed by atoms with E-state index < -0.39 is 0 Å². The number of aromatic nitrogens is 3. The molecule has 0 bridgehead atoms. The summed E-state index contributed by atoms with van der Waals surface area (Å²) in [5.41, 5.74) is 3.20. The number of fused-ring (bicyclic) bond motifs is 1. The van der Waals surface area contributed by atoms with Crippen LogP contribution in [0.2, 0.25) is 0 Å². The number of carbonyl (C=O) groups excluding carboxylic acids is 1. The molecular weight excluding hydrogens is 308 g/mol. The summed E-state index contributed by atoms with van der Waals surface area (Å²) in [4.78, 5) is 12.5. The van der Waals surface area contributed by atoms with E-state index in [1.165, 1.54) is 0 Å². The third-order valence-corrected chi connectivity index (χ3v) is 3.90. The molecule has 24 heavy (non-hydrogen) atoms. The second-order valence-electron chi connectivity index (χ2n) is 5.51. The molecule has 7 heteroatoms. The summed E-state index contributed by atoms with van der Waals surface area (Å²) in [6.07, 6.45) is 0. The molecule has 0 saturated heterocycles. The molecule has 0 aliphatic heterocycles. The molecule has 2 N–H and O–H groups in total. The van der Waals surface area contributed by atoms with E-state index in [1.54, 1.807) is 14.2 Å². The Morgan fingerprint density at radius 1 is 1.29 bits per heavy atom. The minimum atomic E-state index is -0.143. The molecule has 0 aliphatic rings. The number of methoxy groups -OCH3 is 2. The van der Waals surface area contributed by atoms with E-state index in [2.05, 4.69) is 15.5 Å². The van der Waals surface area contributed by atoms with Crippen LogP contribution in [0.15, 0.2) is 30.3 Å². The lowest BCUT2D eigenvalue weighted by Gasteiger charge is -2.05. The van der Waals surface area contributed by atoms with Gasteiger partial charge in [0.2, 0.25) is 0 Å². The lowest BCUT2D eigenvalue weighted by molar-refractivity contribution is 0.0942. The Hall–Kier alpha value is -2.80. The molecule has 1 aromatic carbocycles. The van der Waals surface area contributed by atoms with Crippen molar-refractivity contribution in [2.45, 2.75) is 13.2 Å². The van der Waals surface area contributed by atoms with Gasteiger partial charge in [-0.3, -0.25) is 9.89 Å². The van der Waals surface area contributed by atoms with Crippen LogP contribution in [-0.4, -0.2) is 34.9 Å². The molecule has 7 nitrogen and oxygen atoms in total. The number of rotatable bonds is 6. The molecule has 0 atom stereocenters. The Bertz CT molecular complexity index is 866. The average Bonchev–Trinajstić information content (AvgIpc) is 3.17. The molecule has 0 unspecified atom stereocenters. The van der Waals surface area contributed by atoms with Gasteiger partial charge in [-0.1, -0.05) is 0 Å². The molecule has 2 heterocycles. The van der Waals surface area contributed by atoms with Gasteiger partial charge in [-0.15, -0.1) is 0 Å². The van der Waals surface area contributed by atoms with Gasteiger partial charge in [-0.25, -0.2) is 0 Å². The van der Waals surface area contributed by atoms with Crippen molar-refractivity contribution in [2.75, 3.05) is 14.2 Å². The minimum absolute atomic E-state index is 0.143. The zero-order chi connectivity index (χ0) is 17.1. The number of aryl methyl sites for hydroxylation is 1. The lowest BCUT2D eigenvalue weighted by atomic mass is 10.2. The van der Waals surface area contributed by atoms with E-state index in [-0.39, 0.29) is 5.91 Å². The SMILES string of the molecule is COCc1cc(CNC(=O)c2cc3cc(OC)ccc3n2C)[nH]n1. The van der Waals surface area contributed by atoms with Gasteiger partial charge in [-0.2, -0.15) is 5.10 Å². The van der Waals surface area contributed by atoms with Crippen LogP contribution in [0.5, 0.6) is 5.75 Å². The Labute approximate surface area is 139 Å². The monoisotopic (exact) mass is 328 g/mol. The maximum absolute atomic E-state index is 12.5. The Balaban J connectivity index is 1.74. The van der Waals surface area contributed by atoms with Crippen LogP contribution < -0.4 is 10.1 Å².